The zero-order valence-electron chi connectivity index (χ0n) is 11.8. The van der Waals surface area contributed by atoms with Crippen LogP contribution in [-0.2, 0) is 11.3 Å². The van der Waals surface area contributed by atoms with Gasteiger partial charge < -0.3 is 14.9 Å². The highest BCUT2D eigenvalue weighted by atomic mass is 16.5. The molecule has 0 spiro atoms. The van der Waals surface area contributed by atoms with E-state index in [4.69, 9.17) is 9.84 Å². The van der Waals surface area contributed by atoms with Gasteiger partial charge in [-0.15, -0.1) is 0 Å². The summed E-state index contributed by atoms with van der Waals surface area (Å²) < 4.78 is 5.50. The lowest BCUT2D eigenvalue weighted by atomic mass is 10.2. The van der Waals surface area contributed by atoms with Crippen molar-refractivity contribution >= 4 is 0 Å². The first kappa shape index (κ1) is 16.1. The van der Waals surface area contributed by atoms with Gasteiger partial charge in [-0.2, -0.15) is 0 Å². The molecule has 0 aromatic heterocycles. The Hall–Kier alpha value is -0.940. The SMILES string of the molecule is CC(C)N(CCO)C[C@@H](O)COCc1ccccc1. The lowest BCUT2D eigenvalue weighted by Gasteiger charge is -2.27. The molecular formula is C15H25NO3. The van der Waals surface area contributed by atoms with Gasteiger partial charge in [0, 0.05) is 19.1 Å². The van der Waals surface area contributed by atoms with Crippen molar-refractivity contribution in [1.82, 2.24) is 4.90 Å². The highest BCUT2D eigenvalue weighted by molar-refractivity contribution is 5.13. The number of hydrogen-bond donors (Lipinski definition) is 2. The number of benzene rings is 1. The molecule has 4 heteroatoms. The Morgan fingerprint density at radius 1 is 1.21 bits per heavy atom. The average Bonchev–Trinajstić information content (AvgIpc) is 2.39. The van der Waals surface area contributed by atoms with Crippen LogP contribution in [0, 0.1) is 0 Å². The Kier molecular flexibility index (Phi) is 7.67. The van der Waals surface area contributed by atoms with E-state index in [2.05, 4.69) is 0 Å². The molecule has 19 heavy (non-hydrogen) atoms. The fraction of sp³-hybridized carbons (Fsp3) is 0.600. The third-order valence-corrected chi connectivity index (χ3v) is 2.98. The Morgan fingerprint density at radius 3 is 2.47 bits per heavy atom. The van der Waals surface area contributed by atoms with Crippen molar-refractivity contribution in [2.24, 2.45) is 0 Å². The van der Waals surface area contributed by atoms with Crippen molar-refractivity contribution < 1.29 is 14.9 Å². The zero-order chi connectivity index (χ0) is 14.1. The van der Waals surface area contributed by atoms with Crippen LogP contribution in [0.15, 0.2) is 30.3 Å². The minimum absolute atomic E-state index is 0.107. The van der Waals surface area contributed by atoms with Crippen LogP contribution in [0.2, 0.25) is 0 Å². The first-order valence-electron chi connectivity index (χ1n) is 6.78. The molecule has 0 aliphatic heterocycles. The van der Waals surface area contributed by atoms with E-state index in [1.54, 1.807) is 0 Å². The van der Waals surface area contributed by atoms with E-state index >= 15 is 0 Å². The second kappa shape index (κ2) is 9.04. The fourth-order valence-corrected chi connectivity index (χ4v) is 1.90. The monoisotopic (exact) mass is 267 g/mol. The van der Waals surface area contributed by atoms with Gasteiger partial charge in [0.1, 0.15) is 0 Å². The summed E-state index contributed by atoms with van der Waals surface area (Å²) in [6.45, 7) is 6.12. The Labute approximate surface area is 115 Å². The lowest BCUT2D eigenvalue weighted by Crippen LogP contribution is -2.40. The van der Waals surface area contributed by atoms with Crippen molar-refractivity contribution in [1.29, 1.82) is 0 Å². The van der Waals surface area contributed by atoms with E-state index in [0.29, 0.717) is 32.3 Å². The van der Waals surface area contributed by atoms with Crippen LogP contribution in [0.5, 0.6) is 0 Å². The first-order valence-corrected chi connectivity index (χ1v) is 6.78. The number of nitrogens with zero attached hydrogens (tertiary/aromatic N) is 1. The van der Waals surface area contributed by atoms with E-state index in [0.717, 1.165) is 5.56 Å². The second-order valence-electron chi connectivity index (χ2n) is 4.97. The number of hydrogen-bond acceptors (Lipinski definition) is 4. The van der Waals surface area contributed by atoms with Gasteiger partial charge in [0.15, 0.2) is 0 Å². The fourth-order valence-electron chi connectivity index (χ4n) is 1.90. The number of aliphatic hydroxyl groups is 2. The molecule has 0 fully saturated rings. The Balaban J connectivity index is 2.25. The third kappa shape index (κ3) is 6.68. The first-order chi connectivity index (χ1) is 9.13. The van der Waals surface area contributed by atoms with E-state index in [1.807, 2.05) is 49.1 Å². The summed E-state index contributed by atoms with van der Waals surface area (Å²) in [5.74, 6) is 0. The van der Waals surface area contributed by atoms with E-state index < -0.39 is 6.10 Å². The molecule has 1 atom stereocenters. The van der Waals surface area contributed by atoms with Gasteiger partial charge in [-0.3, -0.25) is 4.90 Å². The maximum atomic E-state index is 9.92. The smallest absolute Gasteiger partial charge is 0.0900 e. The van der Waals surface area contributed by atoms with Crippen LogP contribution in [0.4, 0.5) is 0 Å². The summed E-state index contributed by atoms with van der Waals surface area (Å²) >= 11 is 0. The van der Waals surface area contributed by atoms with Gasteiger partial charge in [0.25, 0.3) is 0 Å². The van der Waals surface area contributed by atoms with Gasteiger partial charge >= 0.3 is 0 Å². The minimum atomic E-state index is -0.530. The molecule has 0 saturated carbocycles. The summed E-state index contributed by atoms with van der Waals surface area (Å²) in [5.41, 5.74) is 1.10. The molecule has 0 saturated heterocycles. The summed E-state index contributed by atoms with van der Waals surface area (Å²) in [6.07, 6.45) is -0.530. The standard InChI is InChI=1S/C15H25NO3/c1-13(2)16(8-9-17)10-15(18)12-19-11-14-6-4-3-5-7-14/h3-7,13,15,17-18H,8-12H2,1-2H3/t15-/m1/s1. The van der Waals surface area contributed by atoms with Crippen molar-refractivity contribution in [3.63, 3.8) is 0 Å². The zero-order valence-corrected chi connectivity index (χ0v) is 11.8. The molecule has 0 unspecified atom stereocenters. The van der Waals surface area contributed by atoms with Crippen LogP contribution in [-0.4, -0.2) is 53.6 Å². The second-order valence-corrected chi connectivity index (χ2v) is 4.97. The quantitative estimate of drug-likeness (QED) is 0.707. The molecular weight excluding hydrogens is 242 g/mol. The maximum absolute atomic E-state index is 9.92. The molecule has 2 N–H and O–H groups in total. The minimum Gasteiger partial charge on any atom is -0.395 e. The Bertz CT molecular complexity index is 329. The average molecular weight is 267 g/mol. The molecule has 108 valence electrons. The number of ether oxygens (including phenoxy) is 1. The van der Waals surface area contributed by atoms with Gasteiger partial charge in [-0.25, -0.2) is 0 Å². The lowest BCUT2D eigenvalue weighted by molar-refractivity contribution is 0.00208. The molecule has 1 aromatic carbocycles. The molecule has 4 nitrogen and oxygen atoms in total. The van der Waals surface area contributed by atoms with Gasteiger partial charge in [-0.05, 0) is 19.4 Å². The number of rotatable bonds is 9. The van der Waals surface area contributed by atoms with Crippen molar-refractivity contribution in [3.05, 3.63) is 35.9 Å². The highest BCUT2D eigenvalue weighted by Gasteiger charge is 2.14. The summed E-state index contributed by atoms with van der Waals surface area (Å²) in [7, 11) is 0. The van der Waals surface area contributed by atoms with Gasteiger partial charge in [0.2, 0.25) is 0 Å². The van der Waals surface area contributed by atoms with Crippen molar-refractivity contribution in [2.75, 3.05) is 26.3 Å². The predicted octanol–water partition coefficient (Wildman–Crippen LogP) is 1.27. The third-order valence-electron chi connectivity index (χ3n) is 2.98. The molecule has 0 amide bonds. The molecule has 0 heterocycles. The normalized spacial score (nSPS) is 13.2. The molecule has 1 rings (SSSR count). The summed E-state index contributed by atoms with van der Waals surface area (Å²) in [4.78, 5) is 2.04. The van der Waals surface area contributed by atoms with E-state index in [1.165, 1.54) is 0 Å². The topological polar surface area (TPSA) is 52.9 Å². The van der Waals surface area contributed by atoms with Crippen LogP contribution in [0.25, 0.3) is 0 Å². The highest BCUT2D eigenvalue weighted by Crippen LogP contribution is 2.03. The molecule has 0 radical (unpaired) electrons. The van der Waals surface area contributed by atoms with E-state index in [-0.39, 0.29) is 6.61 Å². The van der Waals surface area contributed by atoms with E-state index in [9.17, 15) is 5.11 Å². The summed E-state index contributed by atoms with van der Waals surface area (Å²) in [6, 6.07) is 10.2. The predicted molar refractivity (Wildman–Crippen MR) is 75.9 cm³/mol. The molecule has 0 bridgehead atoms. The molecule has 1 aromatic rings. The Morgan fingerprint density at radius 2 is 1.89 bits per heavy atom. The van der Waals surface area contributed by atoms with Gasteiger partial charge in [-0.1, -0.05) is 30.3 Å². The summed E-state index contributed by atoms with van der Waals surface area (Å²) in [5, 5.41) is 18.9. The van der Waals surface area contributed by atoms with Crippen LogP contribution < -0.4 is 0 Å². The largest absolute Gasteiger partial charge is 0.395 e. The molecule has 0 aliphatic rings. The van der Waals surface area contributed by atoms with Gasteiger partial charge in [0.05, 0.1) is 25.9 Å². The van der Waals surface area contributed by atoms with Crippen molar-refractivity contribution in [2.45, 2.75) is 32.6 Å². The maximum Gasteiger partial charge on any atom is 0.0900 e. The molecule has 0 aliphatic carbocycles. The van der Waals surface area contributed by atoms with Crippen LogP contribution in [0.3, 0.4) is 0 Å². The number of aliphatic hydroxyl groups excluding tert-OH is 2. The van der Waals surface area contributed by atoms with Crippen LogP contribution >= 0.6 is 0 Å². The van der Waals surface area contributed by atoms with Crippen LogP contribution in [0.1, 0.15) is 19.4 Å². The van der Waals surface area contributed by atoms with Crippen molar-refractivity contribution in [3.8, 4) is 0 Å².